The van der Waals surface area contributed by atoms with Gasteiger partial charge in [-0.25, -0.2) is 9.69 Å². The molecule has 31 heavy (non-hydrogen) atoms. The zero-order valence-corrected chi connectivity index (χ0v) is 19.5. The molecule has 1 heterocycles. The van der Waals surface area contributed by atoms with E-state index in [-0.39, 0.29) is 29.9 Å². The molecule has 4 amide bonds. The minimum atomic E-state index is -0.729. The van der Waals surface area contributed by atoms with Crippen LogP contribution in [-0.2, 0) is 11.3 Å². The van der Waals surface area contributed by atoms with Crippen molar-refractivity contribution in [1.29, 1.82) is 0 Å². The lowest BCUT2D eigenvalue weighted by Crippen LogP contribution is -2.51. The fourth-order valence-corrected chi connectivity index (χ4v) is 4.83. The molecule has 0 bridgehead atoms. The van der Waals surface area contributed by atoms with E-state index in [1.165, 1.54) is 4.90 Å². The Labute approximate surface area is 185 Å². The van der Waals surface area contributed by atoms with Crippen LogP contribution >= 0.6 is 0 Å². The summed E-state index contributed by atoms with van der Waals surface area (Å²) in [5, 5.41) is 5.62. The molecule has 1 aliphatic heterocycles. The van der Waals surface area contributed by atoms with Gasteiger partial charge in [-0.3, -0.25) is 14.5 Å². The minimum Gasteiger partial charge on any atom is -0.355 e. The van der Waals surface area contributed by atoms with Crippen LogP contribution in [0.15, 0.2) is 24.3 Å². The van der Waals surface area contributed by atoms with E-state index < -0.39 is 5.54 Å². The Bertz CT molecular complexity index is 826. The molecule has 0 unspecified atom stereocenters. The molecule has 3 rings (SSSR count). The summed E-state index contributed by atoms with van der Waals surface area (Å²) in [5.74, 6) is 0.371. The van der Waals surface area contributed by atoms with E-state index in [2.05, 4.69) is 31.4 Å². The molecule has 1 saturated carbocycles. The molecule has 2 N–H and O–H groups in total. The molecule has 1 spiro atoms. The van der Waals surface area contributed by atoms with Crippen molar-refractivity contribution >= 4 is 17.8 Å². The third kappa shape index (κ3) is 4.76. The molecule has 2 fully saturated rings. The van der Waals surface area contributed by atoms with Gasteiger partial charge >= 0.3 is 6.03 Å². The number of imide groups is 1. The highest BCUT2D eigenvalue weighted by Crippen LogP contribution is 2.45. The van der Waals surface area contributed by atoms with E-state index in [0.29, 0.717) is 30.9 Å². The van der Waals surface area contributed by atoms with Crippen molar-refractivity contribution in [3.63, 3.8) is 0 Å². The third-order valence-electron chi connectivity index (χ3n) is 7.38. The molecular formula is C24H36N4O3. The van der Waals surface area contributed by atoms with Crippen molar-refractivity contribution in [2.24, 2.45) is 11.3 Å². The second-order valence-corrected chi connectivity index (χ2v) is 9.79. The zero-order chi connectivity index (χ0) is 22.8. The SMILES string of the molecule is CCC(C)(C)C1CCC2(CC1)NC(=O)N(CN(C)Cc1ccc(C(=O)NC)cc1)C2=O. The molecule has 2 aliphatic rings. The smallest absolute Gasteiger partial charge is 0.326 e. The Hall–Kier alpha value is -2.41. The van der Waals surface area contributed by atoms with Crippen LogP contribution in [0, 0.1) is 11.3 Å². The van der Waals surface area contributed by atoms with Gasteiger partial charge in [-0.2, -0.15) is 0 Å². The summed E-state index contributed by atoms with van der Waals surface area (Å²) in [5.41, 5.74) is 1.15. The van der Waals surface area contributed by atoms with Crippen molar-refractivity contribution < 1.29 is 14.4 Å². The summed E-state index contributed by atoms with van der Waals surface area (Å²) >= 11 is 0. The second-order valence-electron chi connectivity index (χ2n) is 9.79. The molecule has 0 aromatic heterocycles. The predicted molar refractivity (Wildman–Crippen MR) is 120 cm³/mol. The fourth-order valence-electron chi connectivity index (χ4n) is 4.83. The molecule has 0 atom stereocenters. The van der Waals surface area contributed by atoms with Crippen LogP contribution in [0.5, 0.6) is 0 Å². The number of hydrogen-bond donors (Lipinski definition) is 2. The number of carbonyl (C=O) groups is 3. The van der Waals surface area contributed by atoms with Crippen LogP contribution in [-0.4, -0.2) is 53.9 Å². The summed E-state index contributed by atoms with van der Waals surface area (Å²) in [4.78, 5) is 40.9. The Morgan fingerprint density at radius 2 is 1.84 bits per heavy atom. The van der Waals surface area contributed by atoms with Crippen molar-refractivity contribution in [2.45, 2.75) is 65.0 Å². The van der Waals surface area contributed by atoms with E-state index >= 15 is 0 Å². The molecule has 170 valence electrons. The predicted octanol–water partition coefficient (Wildman–Crippen LogP) is 3.35. The van der Waals surface area contributed by atoms with E-state index in [1.807, 2.05) is 24.1 Å². The summed E-state index contributed by atoms with van der Waals surface area (Å²) in [6, 6.07) is 7.05. The summed E-state index contributed by atoms with van der Waals surface area (Å²) in [7, 11) is 3.49. The molecule has 1 saturated heterocycles. The largest absolute Gasteiger partial charge is 0.355 e. The lowest BCUT2D eigenvalue weighted by molar-refractivity contribution is -0.134. The molecule has 1 aromatic carbocycles. The van der Waals surface area contributed by atoms with Crippen LogP contribution in [0.2, 0.25) is 0 Å². The molecule has 1 aromatic rings. The van der Waals surface area contributed by atoms with E-state index in [0.717, 1.165) is 24.8 Å². The first-order valence-corrected chi connectivity index (χ1v) is 11.3. The number of benzene rings is 1. The van der Waals surface area contributed by atoms with Gasteiger partial charge in [0.2, 0.25) is 0 Å². The highest BCUT2D eigenvalue weighted by molar-refractivity contribution is 6.07. The Morgan fingerprint density at radius 1 is 1.23 bits per heavy atom. The van der Waals surface area contributed by atoms with Gasteiger partial charge < -0.3 is 10.6 Å². The first-order chi connectivity index (χ1) is 14.6. The maximum Gasteiger partial charge on any atom is 0.326 e. The van der Waals surface area contributed by atoms with Gasteiger partial charge in [0.05, 0.1) is 6.67 Å². The fraction of sp³-hybridized carbons (Fsp3) is 0.625. The monoisotopic (exact) mass is 428 g/mol. The normalized spacial score (nSPS) is 24.1. The molecule has 0 radical (unpaired) electrons. The molecular weight excluding hydrogens is 392 g/mol. The highest BCUT2D eigenvalue weighted by atomic mass is 16.2. The van der Waals surface area contributed by atoms with E-state index in [1.54, 1.807) is 19.2 Å². The number of nitrogens with one attached hydrogen (secondary N) is 2. The van der Waals surface area contributed by atoms with Gasteiger partial charge in [0.1, 0.15) is 5.54 Å². The molecule has 1 aliphatic carbocycles. The number of carbonyl (C=O) groups excluding carboxylic acids is 3. The van der Waals surface area contributed by atoms with E-state index in [4.69, 9.17) is 0 Å². The van der Waals surface area contributed by atoms with Gasteiger partial charge in [0.15, 0.2) is 0 Å². The van der Waals surface area contributed by atoms with Crippen LogP contribution < -0.4 is 10.6 Å². The number of rotatable bonds is 7. The van der Waals surface area contributed by atoms with Gasteiger partial charge in [-0.15, -0.1) is 0 Å². The first-order valence-electron chi connectivity index (χ1n) is 11.3. The molecule has 7 heteroatoms. The maximum absolute atomic E-state index is 13.2. The third-order valence-corrected chi connectivity index (χ3v) is 7.38. The topological polar surface area (TPSA) is 81.8 Å². The van der Waals surface area contributed by atoms with Gasteiger partial charge in [0.25, 0.3) is 11.8 Å². The van der Waals surface area contributed by atoms with Gasteiger partial charge in [-0.1, -0.05) is 39.3 Å². The Balaban J connectivity index is 1.59. The Kier molecular flexibility index (Phi) is 6.74. The average molecular weight is 429 g/mol. The average Bonchev–Trinajstić information content (AvgIpc) is 2.98. The van der Waals surface area contributed by atoms with Crippen LogP contribution in [0.4, 0.5) is 4.79 Å². The standard InChI is InChI=1S/C24H36N4O3/c1-6-23(2,3)19-11-13-24(14-12-19)21(30)28(22(31)26-24)16-27(5)15-17-7-9-18(10-8-17)20(29)25-4/h7-10,19H,6,11-16H2,1-5H3,(H,25,29)(H,26,31). The van der Waals surface area contributed by atoms with Crippen molar-refractivity contribution in [1.82, 2.24) is 20.4 Å². The number of nitrogens with zero attached hydrogens (tertiary/aromatic N) is 2. The lowest BCUT2D eigenvalue weighted by atomic mass is 9.65. The summed E-state index contributed by atoms with van der Waals surface area (Å²) in [6.07, 6.45) is 4.48. The lowest BCUT2D eigenvalue weighted by Gasteiger charge is -2.42. The second kappa shape index (κ2) is 8.99. The summed E-state index contributed by atoms with van der Waals surface area (Å²) in [6.45, 7) is 7.63. The highest BCUT2D eigenvalue weighted by Gasteiger charge is 2.53. The summed E-state index contributed by atoms with van der Waals surface area (Å²) < 4.78 is 0. The molecule has 7 nitrogen and oxygen atoms in total. The van der Waals surface area contributed by atoms with Crippen LogP contribution in [0.1, 0.15) is 68.8 Å². The van der Waals surface area contributed by atoms with Crippen LogP contribution in [0.3, 0.4) is 0 Å². The van der Waals surface area contributed by atoms with Crippen LogP contribution in [0.25, 0.3) is 0 Å². The Morgan fingerprint density at radius 3 is 2.39 bits per heavy atom. The van der Waals surface area contributed by atoms with Gasteiger partial charge in [0, 0.05) is 19.2 Å². The van der Waals surface area contributed by atoms with Crippen molar-refractivity contribution in [3.8, 4) is 0 Å². The minimum absolute atomic E-state index is 0.0907. The number of amides is 4. The van der Waals surface area contributed by atoms with Crippen molar-refractivity contribution in [2.75, 3.05) is 20.8 Å². The number of hydrogen-bond acceptors (Lipinski definition) is 4. The number of urea groups is 1. The van der Waals surface area contributed by atoms with Gasteiger partial charge in [-0.05, 0) is 61.8 Å². The van der Waals surface area contributed by atoms with E-state index in [9.17, 15) is 14.4 Å². The zero-order valence-electron chi connectivity index (χ0n) is 19.5. The quantitative estimate of drug-likeness (QED) is 0.653. The van der Waals surface area contributed by atoms with Crippen molar-refractivity contribution in [3.05, 3.63) is 35.4 Å². The first kappa shape index (κ1) is 23.3. The maximum atomic E-state index is 13.2.